The van der Waals surface area contributed by atoms with Gasteiger partial charge in [0, 0.05) is 32.2 Å². The first-order valence-corrected chi connectivity index (χ1v) is 10.7. The molecule has 2 aromatic carbocycles. The monoisotopic (exact) mass is 540 g/mol. The van der Waals surface area contributed by atoms with Gasteiger partial charge in [0.1, 0.15) is 6.10 Å². The molecule has 31 heavy (non-hydrogen) atoms. The fourth-order valence-electron chi connectivity index (χ4n) is 3.80. The minimum absolute atomic E-state index is 0. The van der Waals surface area contributed by atoms with Crippen LogP contribution >= 0.6 is 24.0 Å². The summed E-state index contributed by atoms with van der Waals surface area (Å²) in [5, 5.41) is 6.81. The number of likely N-dealkylation sites (tertiary alicyclic amines) is 1. The van der Waals surface area contributed by atoms with Crippen molar-refractivity contribution < 1.29 is 9.13 Å². The highest BCUT2D eigenvalue weighted by atomic mass is 127. The SMILES string of the molecule is CN=C(NCC(C)Oc1ccccc1F)NC1CCN(C(C)c2ccccc2)CC1.I. The number of halogens is 2. The van der Waals surface area contributed by atoms with Crippen molar-refractivity contribution in [2.24, 2.45) is 4.99 Å². The summed E-state index contributed by atoms with van der Waals surface area (Å²) in [5.74, 6) is 0.687. The van der Waals surface area contributed by atoms with Gasteiger partial charge >= 0.3 is 0 Å². The maximum atomic E-state index is 13.7. The van der Waals surface area contributed by atoms with Crippen molar-refractivity contribution in [2.75, 3.05) is 26.7 Å². The van der Waals surface area contributed by atoms with Gasteiger partial charge in [0.2, 0.25) is 0 Å². The molecule has 3 rings (SSSR count). The van der Waals surface area contributed by atoms with E-state index in [1.54, 1.807) is 25.2 Å². The van der Waals surface area contributed by atoms with Gasteiger partial charge in [-0.2, -0.15) is 0 Å². The second-order valence-corrected chi connectivity index (χ2v) is 7.85. The number of hydrogen-bond donors (Lipinski definition) is 2. The highest BCUT2D eigenvalue weighted by Crippen LogP contribution is 2.24. The van der Waals surface area contributed by atoms with E-state index in [0.717, 1.165) is 31.9 Å². The van der Waals surface area contributed by atoms with Crippen molar-refractivity contribution in [1.82, 2.24) is 15.5 Å². The molecule has 1 aliphatic heterocycles. The van der Waals surface area contributed by atoms with E-state index in [0.29, 0.717) is 18.6 Å². The van der Waals surface area contributed by atoms with E-state index in [-0.39, 0.29) is 41.6 Å². The number of ether oxygens (including phenoxy) is 1. The molecule has 1 heterocycles. The van der Waals surface area contributed by atoms with Gasteiger partial charge in [0.25, 0.3) is 0 Å². The molecule has 2 unspecified atom stereocenters. The lowest BCUT2D eigenvalue weighted by molar-refractivity contribution is 0.158. The molecule has 0 radical (unpaired) electrons. The van der Waals surface area contributed by atoms with Crippen LogP contribution in [0.1, 0.15) is 38.3 Å². The Kier molecular flexibility index (Phi) is 10.5. The number of nitrogens with zero attached hydrogens (tertiary/aromatic N) is 2. The molecule has 5 nitrogen and oxygen atoms in total. The van der Waals surface area contributed by atoms with E-state index < -0.39 is 0 Å². The summed E-state index contributed by atoms with van der Waals surface area (Å²) in [7, 11) is 1.77. The van der Waals surface area contributed by atoms with Crippen molar-refractivity contribution in [3.05, 3.63) is 66.0 Å². The standard InChI is InChI=1S/C24H33FN4O.HI/c1-18(30-23-12-8-7-11-22(23)25)17-27-24(26-3)28-21-13-15-29(16-14-21)19(2)20-9-5-4-6-10-20;/h4-12,18-19,21H,13-17H2,1-3H3,(H2,26,27,28);1H. The predicted molar refractivity (Wildman–Crippen MR) is 136 cm³/mol. The Morgan fingerprint density at radius 3 is 2.39 bits per heavy atom. The molecule has 0 aliphatic carbocycles. The molecule has 0 saturated carbocycles. The number of para-hydroxylation sites is 1. The smallest absolute Gasteiger partial charge is 0.191 e. The number of rotatable bonds is 7. The van der Waals surface area contributed by atoms with E-state index in [4.69, 9.17) is 4.74 Å². The number of aliphatic imine (C=N–C) groups is 1. The highest BCUT2D eigenvalue weighted by Gasteiger charge is 2.24. The molecular weight excluding hydrogens is 506 g/mol. The molecule has 1 fully saturated rings. The summed E-state index contributed by atoms with van der Waals surface area (Å²) in [6.07, 6.45) is 1.95. The Morgan fingerprint density at radius 2 is 1.74 bits per heavy atom. The molecule has 0 amide bonds. The zero-order valence-electron chi connectivity index (χ0n) is 18.6. The maximum Gasteiger partial charge on any atom is 0.191 e. The third-order valence-corrected chi connectivity index (χ3v) is 5.65. The topological polar surface area (TPSA) is 48.9 Å². The number of nitrogens with one attached hydrogen (secondary N) is 2. The van der Waals surface area contributed by atoms with Crippen LogP contribution < -0.4 is 15.4 Å². The van der Waals surface area contributed by atoms with Crippen LogP contribution in [0.15, 0.2) is 59.6 Å². The molecule has 0 bridgehead atoms. The van der Waals surface area contributed by atoms with Gasteiger partial charge in [-0.05, 0) is 44.4 Å². The number of hydrogen-bond acceptors (Lipinski definition) is 3. The predicted octanol–water partition coefficient (Wildman–Crippen LogP) is 4.60. The Balaban J connectivity index is 0.00000341. The maximum absolute atomic E-state index is 13.7. The average molecular weight is 540 g/mol. The van der Waals surface area contributed by atoms with Gasteiger partial charge in [-0.25, -0.2) is 4.39 Å². The summed E-state index contributed by atoms with van der Waals surface area (Å²) in [6.45, 7) is 6.84. The third-order valence-electron chi connectivity index (χ3n) is 5.65. The second kappa shape index (κ2) is 12.9. The fourth-order valence-corrected chi connectivity index (χ4v) is 3.80. The first-order valence-electron chi connectivity index (χ1n) is 10.7. The fraction of sp³-hybridized carbons (Fsp3) is 0.458. The van der Waals surface area contributed by atoms with Crippen LogP contribution in [0.2, 0.25) is 0 Å². The van der Waals surface area contributed by atoms with Crippen molar-refractivity contribution in [3.63, 3.8) is 0 Å². The first kappa shape index (κ1) is 25.4. The Labute approximate surface area is 202 Å². The largest absolute Gasteiger partial charge is 0.486 e. The Morgan fingerprint density at radius 1 is 1.10 bits per heavy atom. The van der Waals surface area contributed by atoms with Crippen LogP contribution in [0.5, 0.6) is 5.75 Å². The van der Waals surface area contributed by atoms with Gasteiger partial charge in [0.15, 0.2) is 17.5 Å². The molecule has 2 atom stereocenters. The normalized spacial score (nSPS) is 17.4. The summed E-state index contributed by atoms with van der Waals surface area (Å²) in [5.41, 5.74) is 1.37. The number of benzene rings is 2. The van der Waals surface area contributed by atoms with Crippen molar-refractivity contribution in [3.8, 4) is 5.75 Å². The molecule has 1 aliphatic rings. The quantitative estimate of drug-likeness (QED) is 0.306. The van der Waals surface area contributed by atoms with Crippen molar-refractivity contribution in [1.29, 1.82) is 0 Å². The van der Waals surface area contributed by atoms with Crippen LogP contribution in [0.25, 0.3) is 0 Å². The zero-order chi connectivity index (χ0) is 21.3. The van der Waals surface area contributed by atoms with Gasteiger partial charge in [-0.1, -0.05) is 42.5 Å². The Bertz CT molecular complexity index is 812. The molecule has 0 spiro atoms. The summed E-state index contributed by atoms with van der Waals surface area (Å²) in [6, 6.07) is 18.0. The lowest BCUT2D eigenvalue weighted by atomic mass is 10.0. The van der Waals surface area contributed by atoms with Gasteiger partial charge in [-0.15, -0.1) is 24.0 Å². The van der Waals surface area contributed by atoms with Crippen LogP contribution in [0, 0.1) is 5.82 Å². The van der Waals surface area contributed by atoms with E-state index in [1.165, 1.54) is 11.6 Å². The van der Waals surface area contributed by atoms with Crippen LogP contribution in [-0.4, -0.2) is 49.7 Å². The summed E-state index contributed by atoms with van der Waals surface area (Å²) in [4.78, 5) is 6.87. The van der Waals surface area contributed by atoms with Crippen LogP contribution in [0.3, 0.4) is 0 Å². The molecule has 0 aromatic heterocycles. The molecule has 2 aromatic rings. The lowest BCUT2D eigenvalue weighted by Crippen LogP contribution is -2.50. The highest BCUT2D eigenvalue weighted by molar-refractivity contribution is 14.0. The first-order chi connectivity index (χ1) is 14.6. The zero-order valence-corrected chi connectivity index (χ0v) is 20.9. The molecular formula is C24H34FIN4O. The van der Waals surface area contributed by atoms with Crippen LogP contribution in [0.4, 0.5) is 4.39 Å². The molecule has 170 valence electrons. The van der Waals surface area contributed by atoms with Gasteiger partial charge in [0.05, 0.1) is 6.54 Å². The van der Waals surface area contributed by atoms with E-state index in [2.05, 4.69) is 57.8 Å². The molecule has 7 heteroatoms. The summed E-state index contributed by atoms with van der Waals surface area (Å²) < 4.78 is 19.4. The van der Waals surface area contributed by atoms with Gasteiger partial charge in [-0.3, -0.25) is 9.89 Å². The second-order valence-electron chi connectivity index (χ2n) is 7.85. The third kappa shape index (κ3) is 7.64. The Hall–Kier alpha value is -1.87. The molecule has 2 N–H and O–H groups in total. The minimum atomic E-state index is -0.344. The van der Waals surface area contributed by atoms with Crippen molar-refractivity contribution >= 4 is 29.9 Å². The summed E-state index contributed by atoms with van der Waals surface area (Å²) >= 11 is 0. The van der Waals surface area contributed by atoms with Crippen molar-refractivity contribution in [2.45, 2.75) is 44.9 Å². The van der Waals surface area contributed by atoms with E-state index in [9.17, 15) is 4.39 Å². The molecule has 1 saturated heterocycles. The minimum Gasteiger partial charge on any atom is -0.486 e. The lowest BCUT2D eigenvalue weighted by Gasteiger charge is -2.37. The van der Waals surface area contributed by atoms with Gasteiger partial charge < -0.3 is 15.4 Å². The average Bonchev–Trinajstić information content (AvgIpc) is 2.78. The van der Waals surface area contributed by atoms with Crippen LogP contribution in [-0.2, 0) is 0 Å². The number of piperidine rings is 1. The van der Waals surface area contributed by atoms with E-state index in [1.807, 2.05) is 6.92 Å². The number of guanidine groups is 1. The van der Waals surface area contributed by atoms with E-state index >= 15 is 0 Å².